The third-order valence-corrected chi connectivity index (χ3v) is 1.85. The zero-order valence-electron chi connectivity index (χ0n) is 8.19. The Morgan fingerprint density at radius 2 is 1.94 bits per heavy atom. The van der Waals surface area contributed by atoms with Crippen LogP contribution in [0.15, 0.2) is 6.07 Å². The van der Waals surface area contributed by atoms with Gasteiger partial charge < -0.3 is 9.47 Å². The first-order chi connectivity index (χ1) is 7.74. The normalized spacial score (nSPS) is 11.8. The van der Waals surface area contributed by atoms with Gasteiger partial charge in [0.15, 0.2) is 10.9 Å². The average molecular weight is 278 g/mol. The van der Waals surface area contributed by atoms with Crippen LogP contribution < -0.4 is 9.47 Å². The number of halogens is 6. The van der Waals surface area contributed by atoms with Gasteiger partial charge in [0.25, 0.3) is 6.43 Å². The lowest BCUT2D eigenvalue weighted by atomic mass is 10.2. The molecule has 0 saturated heterocycles. The second kappa shape index (κ2) is 4.91. The highest BCUT2D eigenvalue weighted by Gasteiger charge is 2.33. The van der Waals surface area contributed by atoms with Gasteiger partial charge in [0.2, 0.25) is 5.88 Å². The molecule has 0 atom stereocenters. The van der Waals surface area contributed by atoms with Gasteiger partial charge in [0, 0.05) is 6.07 Å². The Kier molecular flexibility index (Phi) is 3.97. The van der Waals surface area contributed by atoms with Gasteiger partial charge in [-0.1, -0.05) is 11.6 Å². The first kappa shape index (κ1) is 13.8. The van der Waals surface area contributed by atoms with Crippen LogP contribution >= 0.6 is 11.6 Å². The molecule has 9 heteroatoms. The average Bonchev–Trinajstić information content (AvgIpc) is 2.13. The fourth-order valence-corrected chi connectivity index (χ4v) is 1.30. The third-order valence-electron chi connectivity index (χ3n) is 1.60. The van der Waals surface area contributed by atoms with E-state index in [0.717, 1.165) is 7.11 Å². The summed E-state index contributed by atoms with van der Waals surface area (Å²) >= 11 is 5.39. The number of hydrogen-bond acceptors (Lipinski definition) is 3. The van der Waals surface area contributed by atoms with E-state index < -0.39 is 35.1 Å². The smallest absolute Gasteiger partial charge is 0.493 e. The van der Waals surface area contributed by atoms with E-state index in [2.05, 4.69) is 14.5 Å². The Balaban J connectivity index is 3.20. The van der Waals surface area contributed by atoms with Crippen LogP contribution in [-0.4, -0.2) is 18.5 Å². The fraction of sp³-hybridized carbons (Fsp3) is 0.375. The van der Waals surface area contributed by atoms with Crippen molar-refractivity contribution in [1.82, 2.24) is 4.98 Å². The van der Waals surface area contributed by atoms with Crippen LogP contribution in [0.25, 0.3) is 0 Å². The minimum Gasteiger partial charge on any atom is -0.493 e. The molecule has 0 radical (unpaired) electrons. The summed E-state index contributed by atoms with van der Waals surface area (Å²) in [6, 6.07) is 0.420. The molecule has 1 rings (SSSR count). The molecule has 96 valence electrons. The number of aromatic nitrogens is 1. The van der Waals surface area contributed by atoms with E-state index in [4.69, 9.17) is 11.6 Å². The largest absolute Gasteiger partial charge is 0.574 e. The van der Waals surface area contributed by atoms with Crippen LogP contribution in [0, 0.1) is 0 Å². The molecule has 0 aliphatic heterocycles. The van der Waals surface area contributed by atoms with E-state index in [-0.39, 0.29) is 0 Å². The summed E-state index contributed by atoms with van der Waals surface area (Å²) in [6.07, 6.45) is -8.11. The van der Waals surface area contributed by atoms with E-state index >= 15 is 0 Å². The molecule has 0 aromatic carbocycles. The van der Waals surface area contributed by atoms with Crippen molar-refractivity contribution in [2.24, 2.45) is 0 Å². The molecule has 0 spiro atoms. The molecule has 1 aromatic heterocycles. The quantitative estimate of drug-likeness (QED) is 0.625. The number of hydrogen-bond donors (Lipinski definition) is 0. The summed E-state index contributed by atoms with van der Waals surface area (Å²) < 4.78 is 68.5. The van der Waals surface area contributed by atoms with Gasteiger partial charge in [-0.05, 0) is 0 Å². The minimum atomic E-state index is -5.04. The predicted molar refractivity (Wildman–Crippen MR) is 47.4 cm³/mol. The molecule has 0 fully saturated rings. The van der Waals surface area contributed by atoms with E-state index in [0.29, 0.717) is 6.07 Å². The van der Waals surface area contributed by atoms with E-state index in [1.807, 2.05) is 0 Å². The molecular formula is C8H5ClF5NO2. The molecular weight excluding hydrogens is 273 g/mol. The fourth-order valence-electron chi connectivity index (χ4n) is 1.03. The minimum absolute atomic E-state index is 0.420. The van der Waals surface area contributed by atoms with Gasteiger partial charge in [-0.3, -0.25) is 0 Å². The van der Waals surface area contributed by atoms with Crippen LogP contribution in [0.4, 0.5) is 22.0 Å². The van der Waals surface area contributed by atoms with Crippen LogP contribution in [0.5, 0.6) is 11.6 Å². The lowest BCUT2D eigenvalue weighted by molar-refractivity contribution is -0.276. The molecule has 0 amide bonds. The van der Waals surface area contributed by atoms with E-state index in [1.165, 1.54) is 0 Å². The molecule has 17 heavy (non-hydrogen) atoms. The van der Waals surface area contributed by atoms with Gasteiger partial charge in [0.1, 0.15) is 0 Å². The molecule has 0 N–H and O–H groups in total. The van der Waals surface area contributed by atoms with Crippen LogP contribution in [0.3, 0.4) is 0 Å². The molecule has 3 nitrogen and oxygen atoms in total. The number of methoxy groups -OCH3 is 1. The van der Waals surface area contributed by atoms with Crippen LogP contribution in [-0.2, 0) is 0 Å². The maximum Gasteiger partial charge on any atom is 0.574 e. The van der Waals surface area contributed by atoms with Crippen molar-refractivity contribution in [3.63, 3.8) is 0 Å². The first-order valence-electron chi connectivity index (χ1n) is 4.03. The Bertz CT molecular complexity index is 410. The highest BCUT2D eigenvalue weighted by Crippen LogP contribution is 2.37. The van der Waals surface area contributed by atoms with Crippen molar-refractivity contribution in [3.05, 3.63) is 16.8 Å². The van der Waals surface area contributed by atoms with E-state index in [1.54, 1.807) is 0 Å². The van der Waals surface area contributed by atoms with Crippen molar-refractivity contribution in [2.75, 3.05) is 7.11 Å². The summed E-state index contributed by atoms with van der Waals surface area (Å²) in [5, 5.41) is -0.635. The van der Waals surface area contributed by atoms with Crippen molar-refractivity contribution in [3.8, 4) is 11.6 Å². The summed E-state index contributed by atoms with van der Waals surface area (Å²) in [5.74, 6) is -1.56. The SMILES string of the molecule is COc1c(C(F)F)cc(OC(F)(F)F)nc1Cl. The summed E-state index contributed by atoms with van der Waals surface area (Å²) in [6.45, 7) is 0. The van der Waals surface area contributed by atoms with Crippen molar-refractivity contribution >= 4 is 11.6 Å². The maximum absolute atomic E-state index is 12.5. The predicted octanol–water partition coefficient (Wildman–Crippen LogP) is 3.58. The van der Waals surface area contributed by atoms with Gasteiger partial charge in [-0.15, -0.1) is 13.2 Å². The van der Waals surface area contributed by atoms with Crippen LogP contribution in [0.2, 0.25) is 5.15 Å². The lowest BCUT2D eigenvalue weighted by Gasteiger charge is -2.13. The standard InChI is InChI=1S/C8H5ClF5NO2/c1-16-5-3(7(10)11)2-4(15-6(5)9)17-8(12,13)14/h2,7H,1H3. The monoisotopic (exact) mass is 277 g/mol. The Labute approximate surface area is 97.1 Å². The number of pyridine rings is 1. The number of rotatable bonds is 3. The highest BCUT2D eigenvalue weighted by atomic mass is 35.5. The summed E-state index contributed by atoms with van der Waals surface area (Å²) in [7, 11) is 1.04. The zero-order chi connectivity index (χ0) is 13.2. The highest BCUT2D eigenvalue weighted by molar-refractivity contribution is 6.31. The second-order valence-corrected chi connectivity index (χ2v) is 3.08. The molecule has 0 aliphatic rings. The zero-order valence-corrected chi connectivity index (χ0v) is 8.94. The number of nitrogens with zero attached hydrogens (tertiary/aromatic N) is 1. The van der Waals surface area contributed by atoms with Crippen molar-refractivity contribution < 1.29 is 31.4 Å². The molecule has 0 saturated carbocycles. The number of alkyl halides is 5. The summed E-state index contributed by atoms with van der Waals surface area (Å²) in [5.41, 5.74) is -0.827. The van der Waals surface area contributed by atoms with Gasteiger partial charge in [0.05, 0.1) is 12.7 Å². The molecule has 1 heterocycles. The Morgan fingerprint density at radius 1 is 1.35 bits per heavy atom. The molecule has 0 unspecified atom stereocenters. The molecule has 0 aliphatic carbocycles. The summed E-state index contributed by atoms with van der Waals surface area (Å²) in [4.78, 5) is 3.14. The second-order valence-electron chi connectivity index (χ2n) is 2.72. The van der Waals surface area contributed by atoms with Gasteiger partial charge in [-0.25, -0.2) is 8.78 Å². The third kappa shape index (κ3) is 3.58. The topological polar surface area (TPSA) is 31.4 Å². The van der Waals surface area contributed by atoms with Crippen molar-refractivity contribution in [1.29, 1.82) is 0 Å². The van der Waals surface area contributed by atoms with Gasteiger partial charge >= 0.3 is 6.36 Å². The Morgan fingerprint density at radius 3 is 2.35 bits per heavy atom. The van der Waals surface area contributed by atoms with Crippen molar-refractivity contribution in [2.45, 2.75) is 12.8 Å². The van der Waals surface area contributed by atoms with Gasteiger partial charge in [-0.2, -0.15) is 4.98 Å². The molecule has 0 bridgehead atoms. The lowest BCUT2D eigenvalue weighted by Crippen LogP contribution is -2.18. The molecule has 1 aromatic rings. The number of ether oxygens (including phenoxy) is 2. The first-order valence-corrected chi connectivity index (χ1v) is 4.40. The van der Waals surface area contributed by atoms with Crippen LogP contribution in [0.1, 0.15) is 12.0 Å². The Hall–Kier alpha value is -1.31. The maximum atomic E-state index is 12.5. The van der Waals surface area contributed by atoms with E-state index in [9.17, 15) is 22.0 Å².